The highest BCUT2D eigenvalue weighted by molar-refractivity contribution is 7.14. The maximum absolute atomic E-state index is 14.6. The molecule has 1 N–H and O–H groups in total. The van der Waals surface area contributed by atoms with Crippen LogP contribution in [0.15, 0.2) is 35.6 Å². The fraction of sp³-hybridized carbons (Fsp3) is 0.381. The minimum Gasteiger partial charge on any atom is -0.503 e. The van der Waals surface area contributed by atoms with E-state index in [1.165, 1.54) is 22.3 Å². The predicted octanol–water partition coefficient (Wildman–Crippen LogP) is 4.67. The highest BCUT2D eigenvalue weighted by atomic mass is 32.1. The summed E-state index contributed by atoms with van der Waals surface area (Å²) in [5.74, 6) is -2.22. The van der Waals surface area contributed by atoms with Crippen molar-refractivity contribution in [1.29, 1.82) is 0 Å². The topological polar surface area (TPSA) is 70.5 Å². The van der Waals surface area contributed by atoms with Crippen molar-refractivity contribution >= 4 is 23.0 Å². The summed E-state index contributed by atoms with van der Waals surface area (Å²) in [4.78, 5) is 32.1. The molecule has 0 radical (unpaired) electrons. The first-order chi connectivity index (χ1) is 13.4. The fourth-order valence-electron chi connectivity index (χ4n) is 3.53. The number of carbonyl (C=O) groups is 2. The summed E-state index contributed by atoms with van der Waals surface area (Å²) in [6.45, 7) is 5.88. The van der Waals surface area contributed by atoms with Gasteiger partial charge in [-0.3, -0.25) is 9.59 Å². The molecule has 0 saturated heterocycles. The van der Waals surface area contributed by atoms with E-state index in [0.29, 0.717) is 28.5 Å². The zero-order valence-corrected chi connectivity index (χ0v) is 17.0. The summed E-state index contributed by atoms with van der Waals surface area (Å²) >= 11 is 1.21. The van der Waals surface area contributed by atoms with Crippen LogP contribution in [-0.2, 0) is 4.79 Å². The number of ketones is 1. The number of rotatable bonds is 7. The van der Waals surface area contributed by atoms with Gasteiger partial charge in [0.05, 0.1) is 27.2 Å². The van der Waals surface area contributed by atoms with Gasteiger partial charge in [-0.2, -0.15) is 0 Å². The molecule has 1 unspecified atom stereocenters. The summed E-state index contributed by atoms with van der Waals surface area (Å²) in [6, 6.07) is 5.12. The molecule has 148 valence electrons. The Kier molecular flexibility index (Phi) is 5.93. The maximum atomic E-state index is 14.6. The monoisotopic (exact) mass is 402 g/mol. The van der Waals surface area contributed by atoms with Crippen molar-refractivity contribution in [3.8, 4) is 0 Å². The standard InChI is InChI=1S/C21H23FN2O3S/c1-4-5-8-11-24-17(14-9-6-7-10-15(14)22)16(19(26)21(24)27)18(25)20-12(2)23-13(3)28-20/h6-7,9-10,17,26H,4-5,8,11H2,1-3H3. The van der Waals surface area contributed by atoms with E-state index in [9.17, 15) is 19.1 Å². The third-order valence-electron chi connectivity index (χ3n) is 4.86. The zero-order chi connectivity index (χ0) is 20.4. The Hall–Kier alpha value is -2.54. The Bertz CT molecular complexity index is 951. The van der Waals surface area contributed by atoms with Crippen molar-refractivity contribution in [1.82, 2.24) is 9.88 Å². The molecule has 1 aliphatic heterocycles. The number of nitrogens with zero attached hydrogens (tertiary/aromatic N) is 2. The van der Waals surface area contributed by atoms with Crippen LogP contribution < -0.4 is 0 Å². The summed E-state index contributed by atoms with van der Waals surface area (Å²) in [5, 5.41) is 11.3. The number of aromatic nitrogens is 1. The van der Waals surface area contributed by atoms with E-state index in [1.807, 2.05) is 6.92 Å². The highest BCUT2D eigenvalue weighted by Crippen LogP contribution is 2.41. The van der Waals surface area contributed by atoms with Crippen LogP contribution in [0, 0.1) is 19.7 Å². The molecule has 0 aliphatic carbocycles. The molecule has 0 fully saturated rings. The van der Waals surface area contributed by atoms with Crippen molar-refractivity contribution in [3.63, 3.8) is 0 Å². The summed E-state index contributed by atoms with van der Waals surface area (Å²) < 4.78 is 14.6. The van der Waals surface area contributed by atoms with Gasteiger partial charge < -0.3 is 10.0 Å². The molecular weight excluding hydrogens is 379 g/mol. The summed E-state index contributed by atoms with van der Waals surface area (Å²) in [6.07, 6.45) is 2.56. The molecule has 1 amide bonds. The molecule has 3 rings (SSSR count). The molecule has 2 aromatic rings. The number of Topliss-reactive ketones (excluding diaryl/α,β-unsaturated/α-hetero) is 1. The molecule has 1 atom stereocenters. The molecule has 1 aromatic heterocycles. The van der Waals surface area contributed by atoms with Crippen LogP contribution in [0.1, 0.15) is 58.2 Å². The number of unbranched alkanes of at least 4 members (excludes halogenated alkanes) is 2. The van der Waals surface area contributed by atoms with Gasteiger partial charge in [-0.05, 0) is 26.3 Å². The van der Waals surface area contributed by atoms with E-state index in [4.69, 9.17) is 0 Å². The number of carbonyl (C=O) groups excluding carboxylic acids is 2. The average Bonchev–Trinajstić information content (AvgIpc) is 3.12. The maximum Gasteiger partial charge on any atom is 0.290 e. The lowest BCUT2D eigenvalue weighted by molar-refractivity contribution is -0.129. The Morgan fingerprint density at radius 2 is 2.00 bits per heavy atom. The van der Waals surface area contributed by atoms with Gasteiger partial charge in [0.15, 0.2) is 5.76 Å². The van der Waals surface area contributed by atoms with Crippen LogP contribution in [0.5, 0.6) is 0 Å². The molecule has 0 bridgehead atoms. The molecule has 28 heavy (non-hydrogen) atoms. The number of aliphatic hydroxyl groups is 1. The summed E-state index contributed by atoms with van der Waals surface area (Å²) in [7, 11) is 0. The lowest BCUT2D eigenvalue weighted by Crippen LogP contribution is -2.32. The molecule has 1 aromatic carbocycles. The second-order valence-electron chi connectivity index (χ2n) is 6.87. The number of benzene rings is 1. The van der Waals surface area contributed by atoms with E-state index >= 15 is 0 Å². The minimum absolute atomic E-state index is 0.0710. The van der Waals surface area contributed by atoms with Crippen molar-refractivity contribution in [2.75, 3.05) is 6.54 Å². The van der Waals surface area contributed by atoms with Crippen LogP contribution in [0.3, 0.4) is 0 Å². The Morgan fingerprint density at radius 3 is 2.61 bits per heavy atom. The van der Waals surface area contributed by atoms with E-state index < -0.39 is 29.3 Å². The van der Waals surface area contributed by atoms with Crippen molar-refractivity contribution in [3.05, 3.63) is 62.6 Å². The van der Waals surface area contributed by atoms with E-state index in [0.717, 1.165) is 12.8 Å². The normalized spacial score (nSPS) is 16.9. The van der Waals surface area contributed by atoms with Gasteiger partial charge in [0, 0.05) is 12.1 Å². The fourth-order valence-corrected chi connectivity index (χ4v) is 4.41. The predicted molar refractivity (Wildman–Crippen MR) is 106 cm³/mol. The SMILES string of the molecule is CCCCCN1C(=O)C(O)=C(C(=O)c2sc(C)nc2C)C1c1ccccc1F. The van der Waals surface area contributed by atoms with Gasteiger partial charge >= 0.3 is 0 Å². The van der Waals surface area contributed by atoms with E-state index in [1.54, 1.807) is 32.0 Å². The first-order valence-electron chi connectivity index (χ1n) is 9.34. The molecule has 1 aliphatic rings. The number of aryl methyl sites for hydroxylation is 2. The lowest BCUT2D eigenvalue weighted by atomic mass is 9.94. The Morgan fingerprint density at radius 1 is 1.29 bits per heavy atom. The van der Waals surface area contributed by atoms with Gasteiger partial charge in [0.2, 0.25) is 5.78 Å². The van der Waals surface area contributed by atoms with E-state index in [-0.39, 0.29) is 11.1 Å². The number of thiazole rings is 1. The highest BCUT2D eigenvalue weighted by Gasteiger charge is 2.45. The lowest BCUT2D eigenvalue weighted by Gasteiger charge is -2.27. The minimum atomic E-state index is -0.945. The van der Waals surface area contributed by atoms with Gasteiger partial charge in [-0.15, -0.1) is 11.3 Å². The van der Waals surface area contributed by atoms with Gasteiger partial charge in [0.25, 0.3) is 5.91 Å². The van der Waals surface area contributed by atoms with Crippen molar-refractivity contribution in [2.24, 2.45) is 0 Å². The number of hydrogen-bond donors (Lipinski definition) is 1. The largest absolute Gasteiger partial charge is 0.503 e. The number of aliphatic hydroxyl groups excluding tert-OH is 1. The molecule has 7 heteroatoms. The average molecular weight is 402 g/mol. The zero-order valence-electron chi connectivity index (χ0n) is 16.2. The Balaban J connectivity index is 2.09. The molecule has 0 saturated carbocycles. The quantitative estimate of drug-likeness (QED) is 0.540. The van der Waals surface area contributed by atoms with Crippen LogP contribution >= 0.6 is 11.3 Å². The van der Waals surface area contributed by atoms with Crippen molar-refractivity contribution in [2.45, 2.75) is 46.1 Å². The molecule has 2 heterocycles. The third-order valence-corrected chi connectivity index (χ3v) is 5.93. The van der Waals surface area contributed by atoms with Crippen LogP contribution in [0.4, 0.5) is 4.39 Å². The Labute approximate surface area is 167 Å². The first-order valence-corrected chi connectivity index (χ1v) is 10.2. The molecule has 5 nitrogen and oxygen atoms in total. The summed E-state index contributed by atoms with van der Waals surface area (Å²) in [5.41, 5.74) is 0.675. The van der Waals surface area contributed by atoms with E-state index in [2.05, 4.69) is 4.98 Å². The number of halogens is 1. The van der Waals surface area contributed by atoms with Crippen molar-refractivity contribution < 1.29 is 19.1 Å². The van der Waals surface area contributed by atoms with Crippen LogP contribution in [0.25, 0.3) is 0 Å². The second kappa shape index (κ2) is 8.22. The van der Waals surface area contributed by atoms with Crippen LogP contribution in [-0.4, -0.2) is 33.2 Å². The molecule has 0 spiro atoms. The molecular formula is C21H23FN2O3S. The number of amides is 1. The first kappa shape index (κ1) is 20.2. The van der Waals surface area contributed by atoms with Gasteiger partial charge in [0.1, 0.15) is 5.82 Å². The number of hydrogen-bond acceptors (Lipinski definition) is 5. The van der Waals surface area contributed by atoms with Crippen LogP contribution in [0.2, 0.25) is 0 Å². The second-order valence-corrected chi connectivity index (χ2v) is 8.07. The third kappa shape index (κ3) is 3.58. The smallest absolute Gasteiger partial charge is 0.290 e. The van der Waals surface area contributed by atoms with Gasteiger partial charge in [-0.25, -0.2) is 9.37 Å². The van der Waals surface area contributed by atoms with Gasteiger partial charge in [-0.1, -0.05) is 38.0 Å².